The number of rotatable bonds is 1. The van der Waals surface area contributed by atoms with E-state index in [0.29, 0.717) is 11.8 Å². The van der Waals surface area contributed by atoms with Crippen molar-refractivity contribution in [2.24, 2.45) is 11.8 Å². The van der Waals surface area contributed by atoms with Gasteiger partial charge in [-0.1, -0.05) is 19.9 Å². The Labute approximate surface area is 68.8 Å². The second-order valence-electron chi connectivity index (χ2n) is 3.30. The maximum Gasteiger partial charge on any atom is 0.117 e. The van der Waals surface area contributed by atoms with E-state index in [9.17, 15) is 0 Å². The van der Waals surface area contributed by atoms with Gasteiger partial charge >= 0.3 is 0 Å². The molecule has 1 aliphatic carbocycles. The molecule has 0 N–H and O–H groups in total. The molecule has 0 radical (unpaired) electrons. The zero-order valence-electron chi connectivity index (χ0n) is 7.72. The monoisotopic (exact) mass is 152 g/mol. The third kappa shape index (κ3) is 1.65. The lowest BCUT2D eigenvalue weighted by Gasteiger charge is -2.21. The van der Waals surface area contributed by atoms with Gasteiger partial charge in [-0.25, -0.2) is 0 Å². The van der Waals surface area contributed by atoms with Crippen LogP contribution < -0.4 is 0 Å². The van der Waals surface area contributed by atoms with Gasteiger partial charge in [0.15, 0.2) is 0 Å². The first-order chi connectivity index (χ1) is 5.15. The maximum atomic E-state index is 5.21. The van der Waals surface area contributed by atoms with Crippen molar-refractivity contribution < 1.29 is 4.74 Å². The van der Waals surface area contributed by atoms with Gasteiger partial charge < -0.3 is 4.74 Å². The van der Waals surface area contributed by atoms with Crippen LogP contribution in [-0.4, -0.2) is 7.11 Å². The Morgan fingerprint density at radius 1 is 1.18 bits per heavy atom. The largest absolute Gasteiger partial charge is 0.497 e. The zero-order valence-corrected chi connectivity index (χ0v) is 7.72. The molecule has 2 atom stereocenters. The molecule has 62 valence electrons. The van der Waals surface area contributed by atoms with Crippen molar-refractivity contribution in [3.8, 4) is 0 Å². The lowest BCUT2D eigenvalue weighted by Crippen LogP contribution is -2.10. The quantitative estimate of drug-likeness (QED) is 0.561. The first-order valence-electron chi connectivity index (χ1n) is 4.09. The molecule has 0 aliphatic heterocycles. The predicted octanol–water partition coefficient (Wildman–Crippen LogP) is 2.75. The van der Waals surface area contributed by atoms with Gasteiger partial charge in [0.05, 0.1) is 7.11 Å². The SMILES string of the molecule is COC1=CC(C)C(C)C=C1C. The average Bonchev–Trinajstić information content (AvgIpc) is 1.97. The third-order valence-electron chi connectivity index (χ3n) is 2.37. The van der Waals surface area contributed by atoms with Crippen LogP contribution in [0.4, 0.5) is 0 Å². The van der Waals surface area contributed by atoms with Crippen molar-refractivity contribution in [1.82, 2.24) is 0 Å². The fourth-order valence-corrected chi connectivity index (χ4v) is 1.38. The summed E-state index contributed by atoms with van der Waals surface area (Å²) >= 11 is 0. The van der Waals surface area contributed by atoms with Crippen LogP contribution in [0.3, 0.4) is 0 Å². The van der Waals surface area contributed by atoms with Gasteiger partial charge in [0.1, 0.15) is 5.76 Å². The fraction of sp³-hybridized carbons (Fsp3) is 0.600. The highest BCUT2D eigenvalue weighted by Gasteiger charge is 2.15. The predicted molar refractivity (Wildman–Crippen MR) is 47.2 cm³/mol. The lowest BCUT2D eigenvalue weighted by molar-refractivity contribution is 0.289. The van der Waals surface area contributed by atoms with Crippen LogP contribution in [0.5, 0.6) is 0 Å². The molecule has 0 aromatic heterocycles. The normalized spacial score (nSPS) is 30.9. The third-order valence-corrected chi connectivity index (χ3v) is 2.37. The van der Waals surface area contributed by atoms with E-state index in [4.69, 9.17) is 4.74 Å². The Balaban J connectivity index is 2.82. The first-order valence-corrected chi connectivity index (χ1v) is 4.09. The average molecular weight is 152 g/mol. The molecule has 0 aromatic rings. The van der Waals surface area contributed by atoms with Crippen LogP contribution in [0.25, 0.3) is 0 Å². The van der Waals surface area contributed by atoms with Crippen LogP contribution in [0.15, 0.2) is 23.5 Å². The molecule has 0 aromatic carbocycles. The highest BCUT2D eigenvalue weighted by Crippen LogP contribution is 2.26. The van der Waals surface area contributed by atoms with Crippen LogP contribution in [0, 0.1) is 11.8 Å². The van der Waals surface area contributed by atoms with E-state index < -0.39 is 0 Å². The fourth-order valence-electron chi connectivity index (χ4n) is 1.38. The smallest absolute Gasteiger partial charge is 0.117 e. The Morgan fingerprint density at radius 2 is 1.73 bits per heavy atom. The number of hydrogen-bond donors (Lipinski definition) is 0. The standard InChI is InChI=1S/C10H16O/c1-7-5-9(3)10(11-4)6-8(7)2/h5-8H,1-4H3. The minimum absolute atomic E-state index is 0.605. The van der Waals surface area contributed by atoms with E-state index in [1.807, 2.05) is 0 Å². The highest BCUT2D eigenvalue weighted by atomic mass is 16.5. The Hall–Kier alpha value is -0.720. The molecule has 1 rings (SSSR count). The summed E-state index contributed by atoms with van der Waals surface area (Å²) in [6.07, 6.45) is 4.46. The van der Waals surface area contributed by atoms with E-state index in [-0.39, 0.29) is 0 Å². The summed E-state index contributed by atoms with van der Waals surface area (Å²) in [5, 5.41) is 0. The molecular formula is C10H16O. The van der Waals surface area contributed by atoms with Crippen LogP contribution in [0.1, 0.15) is 20.8 Å². The van der Waals surface area contributed by atoms with Gasteiger partial charge in [-0.05, 0) is 30.4 Å². The molecule has 0 spiro atoms. The summed E-state index contributed by atoms with van der Waals surface area (Å²) in [5.41, 5.74) is 1.26. The van der Waals surface area contributed by atoms with Crippen molar-refractivity contribution in [1.29, 1.82) is 0 Å². The minimum Gasteiger partial charge on any atom is -0.497 e. The summed E-state index contributed by atoms with van der Waals surface area (Å²) in [6.45, 7) is 6.54. The van der Waals surface area contributed by atoms with E-state index >= 15 is 0 Å². The second kappa shape index (κ2) is 3.12. The van der Waals surface area contributed by atoms with Gasteiger partial charge in [-0.2, -0.15) is 0 Å². The van der Waals surface area contributed by atoms with Crippen LogP contribution in [-0.2, 0) is 4.74 Å². The second-order valence-corrected chi connectivity index (χ2v) is 3.30. The lowest BCUT2D eigenvalue weighted by atomic mass is 9.88. The summed E-state index contributed by atoms with van der Waals surface area (Å²) in [7, 11) is 1.73. The van der Waals surface area contributed by atoms with Crippen LogP contribution >= 0.6 is 0 Å². The molecule has 0 amide bonds. The van der Waals surface area contributed by atoms with E-state index in [1.165, 1.54) is 5.57 Å². The molecular weight excluding hydrogens is 136 g/mol. The summed E-state index contributed by atoms with van der Waals surface area (Å²) in [4.78, 5) is 0. The summed E-state index contributed by atoms with van der Waals surface area (Å²) in [5.74, 6) is 2.29. The van der Waals surface area contributed by atoms with E-state index in [2.05, 4.69) is 32.9 Å². The minimum atomic E-state index is 0.605. The molecule has 2 unspecified atom stereocenters. The summed E-state index contributed by atoms with van der Waals surface area (Å²) in [6, 6.07) is 0. The Bertz CT molecular complexity index is 201. The number of ether oxygens (including phenoxy) is 1. The molecule has 0 saturated carbocycles. The first kappa shape index (κ1) is 8.38. The van der Waals surface area contributed by atoms with Crippen molar-refractivity contribution in [2.45, 2.75) is 20.8 Å². The molecule has 0 saturated heterocycles. The van der Waals surface area contributed by atoms with Gasteiger partial charge in [0.25, 0.3) is 0 Å². The topological polar surface area (TPSA) is 9.23 Å². The maximum absolute atomic E-state index is 5.21. The summed E-state index contributed by atoms with van der Waals surface area (Å²) < 4.78 is 5.21. The molecule has 11 heavy (non-hydrogen) atoms. The molecule has 0 heterocycles. The molecule has 0 bridgehead atoms. The number of allylic oxidation sites excluding steroid dienone is 3. The van der Waals surface area contributed by atoms with E-state index in [0.717, 1.165) is 5.76 Å². The molecule has 1 nitrogen and oxygen atoms in total. The molecule has 1 heteroatoms. The van der Waals surface area contributed by atoms with E-state index in [1.54, 1.807) is 7.11 Å². The van der Waals surface area contributed by atoms with Crippen LogP contribution in [0.2, 0.25) is 0 Å². The van der Waals surface area contributed by atoms with Gasteiger partial charge in [-0.3, -0.25) is 0 Å². The van der Waals surface area contributed by atoms with Gasteiger partial charge in [-0.15, -0.1) is 0 Å². The van der Waals surface area contributed by atoms with Crippen molar-refractivity contribution in [2.75, 3.05) is 7.11 Å². The Morgan fingerprint density at radius 3 is 2.27 bits per heavy atom. The molecule has 1 aliphatic rings. The van der Waals surface area contributed by atoms with Gasteiger partial charge in [0, 0.05) is 0 Å². The zero-order chi connectivity index (χ0) is 8.43. The van der Waals surface area contributed by atoms with Crippen molar-refractivity contribution >= 4 is 0 Å². The van der Waals surface area contributed by atoms with Gasteiger partial charge in [0.2, 0.25) is 0 Å². The molecule has 0 fully saturated rings. The number of methoxy groups -OCH3 is 1. The van der Waals surface area contributed by atoms with Crippen molar-refractivity contribution in [3.63, 3.8) is 0 Å². The highest BCUT2D eigenvalue weighted by molar-refractivity contribution is 5.29. The Kier molecular flexibility index (Phi) is 2.38. The van der Waals surface area contributed by atoms with Crippen molar-refractivity contribution in [3.05, 3.63) is 23.5 Å². The number of hydrogen-bond acceptors (Lipinski definition) is 1.